The van der Waals surface area contributed by atoms with Gasteiger partial charge in [-0.1, -0.05) is 12.1 Å². The van der Waals surface area contributed by atoms with E-state index in [4.69, 9.17) is 0 Å². The number of amides is 1. The maximum absolute atomic E-state index is 11.8. The summed E-state index contributed by atoms with van der Waals surface area (Å²) in [5, 5.41) is 2.78. The Morgan fingerprint density at radius 2 is 2.00 bits per heavy atom. The second kappa shape index (κ2) is 6.52. The molecule has 1 aromatic heterocycles. The minimum absolute atomic E-state index is 0.0272. The van der Waals surface area contributed by atoms with E-state index in [1.807, 2.05) is 35.8 Å². The third kappa shape index (κ3) is 3.48. The van der Waals surface area contributed by atoms with Crippen LogP contribution in [0.4, 0.5) is 0 Å². The topological polar surface area (TPSA) is 64.0 Å². The zero-order valence-electron chi connectivity index (χ0n) is 12.7. The highest BCUT2D eigenvalue weighted by Crippen LogP contribution is 2.22. The van der Waals surface area contributed by atoms with E-state index in [-0.39, 0.29) is 17.7 Å². The van der Waals surface area contributed by atoms with Crippen LogP contribution < -0.4 is 5.32 Å². The van der Waals surface area contributed by atoms with Crippen molar-refractivity contribution in [2.75, 3.05) is 6.54 Å². The van der Waals surface area contributed by atoms with Crippen molar-refractivity contribution < 1.29 is 9.59 Å². The van der Waals surface area contributed by atoms with Gasteiger partial charge in [-0.05, 0) is 32.4 Å². The van der Waals surface area contributed by atoms with Crippen molar-refractivity contribution in [1.29, 1.82) is 0 Å². The van der Waals surface area contributed by atoms with Crippen LogP contribution in [-0.2, 0) is 16.0 Å². The van der Waals surface area contributed by atoms with Crippen LogP contribution in [0, 0.1) is 0 Å². The van der Waals surface area contributed by atoms with Gasteiger partial charge >= 0.3 is 0 Å². The van der Waals surface area contributed by atoms with Crippen LogP contribution in [0.2, 0.25) is 0 Å². The van der Waals surface area contributed by atoms with Gasteiger partial charge in [-0.25, -0.2) is 4.98 Å². The molecule has 1 unspecified atom stereocenters. The van der Waals surface area contributed by atoms with Crippen molar-refractivity contribution in [2.45, 2.75) is 39.7 Å². The van der Waals surface area contributed by atoms with Gasteiger partial charge in [-0.15, -0.1) is 0 Å². The number of hydrogen-bond donors (Lipinski definition) is 1. The summed E-state index contributed by atoms with van der Waals surface area (Å²) < 4.78 is 2.01. The van der Waals surface area contributed by atoms with Gasteiger partial charge in [0.05, 0.1) is 17.1 Å². The standard InChI is InChI=1S/C16H21N3O2/c1-11(12(2)20)19-15-8-5-4-7-14(15)18-16(19)9-6-10-17-13(3)21/h4-5,7-8,11H,6,9-10H2,1-3H3,(H,17,21). The fraction of sp³-hybridized carbons (Fsp3) is 0.438. The van der Waals surface area contributed by atoms with E-state index < -0.39 is 0 Å². The van der Waals surface area contributed by atoms with E-state index >= 15 is 0 Å². The van der Waals surface area contributed by atoms with Crippen molar-refractivity contribution in [3.63, 3.8) is 0 Å². The van der Waals surface area contributed by atoms with Gasteiger partial charge in [0, 0.05) is 19.9 Å². The monoisotopic (exact) mass is 287 g/mol. The van der Waals surface area contributed by atoms with Crippen molar-refractivity contribution in [3.8, 4) is 0 Å². The number of hydrogen-bond acceptors (Lipinski definition) is 3. The van der Waals surface area contributed by atoms with Crippen molar-refractivity contribution in [3.05, 3.63) is 30.1 Å². The Labute approximate surface area is 124 Å². The number of para-hydroxylation sites is 2. The number of benzene rings is 1. The summed E-state index contributed by atoms with van der Waals surface area (Å²) in [6, 6.07) is 7.61. The molecule has 0 aliphatic heterocycles. The second-order valence-corrected chi connectivity index (χ2v) is 5.26. The van der Waals surface area contributed by atoms with E-state index in [0.29, 0.717) is 6.54 Å². The molecule has 0 spiro atoms. The molecule has 0 fully saturated rings. The lowest BCUT2D eigenvalue weighted by Crippen LogP contribution is -2.22. The summed E-state index contributed by atoms with van der Waals surface area (Å²) in [7, 11) is 0. The molecular formula is C16H21N3O2. The first-order valence-corrected chi connectivity index (χ1v) is 7.21. The van der Waals surface area contributed by atoms with Crippen LogP contribution in [0.15, 0.2) is 24.3 Å². The van der Waals surface area contributed by atoms with Gasteiger partial charge in [0.1, 0.15) is 5.82 Å². The predicted octanol–water partition coefficient (Wildman–Crippen LogP) is 2.25. The van der Waals surface area contributed by atoms with E-state index in [9.17, 15) is 9.59 Å². The first kappa shape index (κ1) is 15.2. The number of rotatable bonds is 6. The van der Waals surface area contributed by atoms with Gasteiger partial charge in [-0.2, -0.15) is 0 Å². The Kier molecular flexibility index (Phi) is 4.73. The molecule has 0 aliphatic carbocycles. The SMILES string of the molecule is CC(=O)NCCCc1nc2ccccc2n1C(C)C(C)=O. The highest BCUT2D eigenvalue weighted by Gasteiger charge is 2.18. The number of imidazole rings is 1. The number of aromatic nitrogens is 2. The zero-order valence-corrected chi connectivity index (χ0v) is 12.7. The maximum Gasteiger partial charge on any atom is 0.216 e. The fourth-order valence-electron chi connectivity index (χ4n) is 2.40. The highest BCUT2D eigenvalue weighted by atomic mass is 16.1. The second-order valence-electron chi connectivity index (χ2n) is 5.26. The Balaban J connectivity index is 2.27. The molecule has 2 rings (SSSR count). The minimum Gasteiger partial charge on any atom is -0.356 e. The van der Waals surface area contributed by atoms with Crippen LogP contribution in [0.3, 0.4) is 0 Å². The number of nitrogens with one attached hydrogen (secondary N) is 1. The minimum atomic E-state index is -0.229. The summed E-state index contributed by atoms with van der Waals surface area (Å²) in [6.07, 6.45) is 1.53. The molecule has 1 N–H and O–H groups in total. The number of ketones is 1. The summed E-state index contributed by atoms with van der Waals surface area (Å²) in [6.45, 7) is 5.62. The molecule has 5 nitrogen and oxygen atoms in total. The van der Waals surface area contributed by atoms with Gasteiger partial charge in [0.15, 0.2) is 5.78 Å². The van der Waals surface area contributed by atoms with E-state index in [1.165, 1.54) is 6.92 Å². The molecule has 0 saturated carbocycles. The summed E-state index contributed by atoms with van der Waals surface area (Å²) in [4.78, 5) is 27.3. The van der Waals surface area contributed by atoms with Crippen molar-refractivity contribution in [2.24, 2.45) is 0 Å². The maximum atomic E-state index is 11.8. The molecule has 21 heavy (non-hydrogen) atoms. The molecule has 2 aromatic rings. The third-order valence-corrected chi connectivity index (χ3v) is 3.60. The van der Waals surface area contributed by atoms with Crippen molar-refractivity contribution >= 4 is 22.7 Å². The fourth-order valence-corrected chi connectivity index (χ4v) is 2.40. The van der Waals surface area contributed by atoms with Crippen LogP contribution in [-0.4, -0.2) is 27.8 Å². The molecule has 0 radical (unpaired) electrons. The lowest BCUT2D eigenvalue weighted by molar-refractivity contribution is -0.120. The summed E-state index contributed by atoms with van der Waals surface area (Å²) in [5.74, 6) is 0.978. The Morgan fingerprint density at radius 1 is 1.29 bits per heavy atom. The Hall–Kier alpha value is -2.17. The quantitative estimate of drug-likeness (QED) is 0.829. The van der Waals surface area contributed by atoms with E-state index in [2.05, 4.69) is 10.3 Å². The third-order valence-electron chi connectivity index (χ3n) is 3.60. The number of aryl methyl sites for hydroxylation is 1. The van der Waals surface area contributed by atoms with Crippen LogP contribution in [0.5, 0.6) is 0 Å². The van der Waals surface area contributed by atoms with Gasteiger partial charge in [0.25, 0.3) is 0 Å². The molecule has 0 bridgehead atoms. The molecule has 1 aromatic carbocycles. The molecule has 0 saturated heterocycles. The van der Waals surface area contributed by atoms with Crippen molar-refractivity contribution in [1.82, 2.24) is 14.9 Å². The number of carbonyl (C=O) groups is 2. The normalized spacial score (nSPS) is 12.3. The lowest BCUT2D eigenvalue weighted by atomic mass is 10.2. The van der Waals surface area contributed by atoms with E-state index in [0.717, 1.165) is 29.7 Å². The van der Waals surface area contributed by atoms with Crippen LogP contribution in [0.1, 0.15) is 39.1 Å². The van der Waals surface area contributed by atoms with Crippen LogP contribution in [0.25, 0.3) is 11.0 Å². The van der Waals surface area contributed by atoms with E-state index in [1.54, 1.807) is 6.92 Å². The molecule has 0 aliphatic rings. The summed E-state index contributed by atoms with van der Waals surface area (Å²) in [5.41, 5.74) is 1.88. The Bertz CT molecular complexity index is 661. The first-order chi connectivity index (χ1) is 10.0. The van der Waals surface area contributed by atoms with Gasteiger partial charge in [0.2, 0.25) is 5.91 Å². The largest absolute Gasteiger partial charge is 0.356 e. The number of fused-ring (bicyclic) bond motifs is 1. The molecule has 112 valence electrons. The summed E-state index contributed by atoms with van der Waals surface area (Å²) >= 11 is 0. The van der Waals surface area contributed by atoms with Crippen LogP contribution >= 0.6 is 0 Å². The van der Waals surface area contributed by atoms with Gasteiger partial charge in [-0.3, -0.25) is 9.59 Å². The lowest BCUT2D eigenvalue weighted by Gasteiger charge is -2.15. The average molecular weight is 287 g/mol. The number of carbonyl (C=O) groups excluding carboxylic acids is 2. The molecule has 5 heteroatoms. The molecule has 1 heterocycles. The zero-order chi connectivity index (χ0) is 15.4. The average Bonchev–Trinajstić information content (AvgIpc) is 2.80. The molecular weight excluding hydrogens is 266 g/mol. The molecule has 1 atom stereocenters. The highest BCUT2D eigenvalue weighted by molar-refractivity contribution is 5.83. The number of Topliss-reactive ketones (excluding diaryl/α,β-unsaturated/α-hetero) is 1. The molecule has 1 amide bonds. The Morgan fingerprint density at radius 3 is 2.67 bits per heavy atom. The predicted molar refractivity (Wildman–Crippen MR) is 82.1 cm³/mol. The smallest absolute Gasteiger partial charge is 0.216 e. The first-order valence-electron chi connectivity index (χ1n) is 7.21. The number of nitrogens with zero attached hydrogens (tertiary/aromatic N) is 2. The van der Waals surface area contributed by atoms with Gasteiger partial charge < -0.3 is 9.88 Å².